The molecule has 0 aromatic rings. The van der Waals surface area contributed by atoms with E-state index in [1.54, 1.807) is 7.05 Å². The van der Waals surface area contributed by atoms with Crippen LogP contribution in [0.2, 0.25) is 0 Å². The molecule has 0 saturated carbocycles. The number of carbonyl (C=O) groups excluding carboxylic acids is 3. The van der Waals surface area contributed by atoms with Crippen molar-refractivity contribution in [2.24, 2.45) is 0 Å². The van der Waals surface area contributed by atoms with Crippen molar-refractivity contribution in [3.63, 3.8) is 0 Å². The van der Waals surface area contributed by atoms with E-state index in [2.05, 4.69) is 17.6 Å². The van der Waals surface area contributed by atoms with Gasteiger partial charge in [0, 0.05) is 20.0 Å². The molecule has 23 heavy (non-hydrogen) atoms. The molecular formula is C17H31NO5. The Balaban J connectivity index is -0.000000373. The van der Waals surface area contributed by atoms with Crippen LogP contribution in [0.15, 0.2) is 0 Å². The fourth-order valence-corrected chi connectivity index (χ4v) is 0.987. The van der Waals surface area contributed by atoms with Crippen molar-refractivity contribution in [2.75, 3.05) is 13.6 Å². The summed E-state index contributed by atoms with van der Waals surface area (Å²) in [6.45, 7) is 11.9. The Labute approximate surface area is 140 Å². The number of rotatable bonds is 5. The van der Waals surface area contributed by atoms with E-state index in [1.165, 1.54) is 4.90 Å². The van der Waals surface area contributed by atoms with Crippen molar-refractivity contribution < 1.29 is 23.9 Å². The molecule has 0 aliphatic heterocycles. The van der Waals surface area contributed by atoms with Crippen LogP contribution in [0.25, 0.3) is 0 Å². The Morgan fingerprint density at radius 3 is 1.78 bits per heavy atom. The van der Waals surface area contributed by atoms with E-state index in [0.717, 1.165) is 6.29 Å². The summed E-state index contributed by atoms with van der Waals surface area (Å²) in [6, 6.07) is 0. The van der Waals surface area contributed by atoms with Gasteiger partial charge in [0.1, 0.15) is 17.5 Å². The van der Waals surface area contributed by atoms with Gasteiger partial charge in [0.05, 0.1) is 0 Å². The average molecular weight is 329 g/mol. The lowest BCUT2D eigenvalue weighted by Crippen LogP contribution is -2.34. The molecule has 0 N–H and O–H groups in total. The zero-order chi connectivity index (χ0) is 19.1. The van der Waals surface area contributed by atoms with Crippen molar-refractivity contribution in [1.29, 1.82) is 0 Å². The summed E-state index contributed by atoms with van der Waals surface area (Å²) in [4.78, 5) is 32.5. The molecule has 0 spiro atoms. The third-order valence-corrected chi connectivity index (χ3v) is 1.92. The maximum absolute atomic E-state index is 11.4. The highest BCUT2D eigenvalue weighted by Crippen LogP contribution is 2.09. The second kappa shape index (κ2) is 13.6. The van der Waals surface area contributed by atoms with Crippen LogP contribution in [0.1, 0.15) is 54.4 Å². The lowest BCUT2D eigenvalue weighted by molar-refractivity contribution is -0.138. The summed E-state index contributed by atoms with van der Waals surface area (Å²) in [6.07, 6.45) is 9.67. The normalized spacial score (nSPS) is 9.96. The summed E-state index contributed by atoms with van der Waals surface area (Å²) < 4.78 is 9.68. The molecule has 6 nitrogen and oxygen atoms in total. The molecule has 1 amide bonds. The molecule has 0 radical (unpaired) electrons. The first-order chi connectivity index (χ1) is 10.4. The molecule has 0 aliphatic rings. The molecule has 0 aromatic heterocycles. The maximum Gasteiger partial charge on any atom is 0.410 e. The van der Waals surface area contributed by atoms with Gasteiger partial charge in [-0.3, -0.25) is 4.79 Å². The van der Waals surface area contributed by atoms with Crippen LogP contribution in [0.5, 0.6) is 0 Å². The van der Waals surface area contributed by atoms with E-state index in [-0.39, 0.29) is 11.7 Å². The highest BCUT2D eigenvalue weighted by atomic mass is 16.6. The van der Waals surface area contributed by atoms with Crippen LogP contribution in [0.4, 0.5) is 4.79 Å². The Bertz CT molecular complexity index is 350. The maximum atomic E-state index is 11.4. The quantitative estimate of drug-likeness (QED) is 0.440. The first kappa shape index (κ1) is 25.9. The summed E-state index contributed by atoms with van der Waals surface area (Å²) in [7, 11) is 1.67. The predicted octanol–water partition coefficient (Wildman–Crippen LogP) is 3.04. The van der Waals surface area contributed by atoms with E-state index in [1.807, 2.05) is 41.5 Å². The highest BCUT2D eigenvalue weighted by Gasteiger charge is 2.18. The van der Waals surface area contributed by atoms with Crippen molar-refractivity contribution in [2.45, 2.75) is 65.6 Å². The number of carbonyl (C=O) groups is 3. The van der Waals surface area contributed by atoms with E-state index in [0.29, 0.717) is 25.9 Å². The topological polar surface area (TPSA) is 72.9 Å². The van der Waals surface area contributed by atoms with Gasteiger partial charge in [-0.05, 0) is 48.0 Å². The van der Waals surface area contributed by atoms with Gasteiger partial charge in [0.15, 0.2) is 0 Å². The third kappa shape index (κ3) is 25.3. The van der Waals surface area contributed by atoms with Gasteiger partial charge in [-0.2, -0.15) is 0 Å². The van der Waals surface area contributed by atoms with Gasteiger partial charge in [-0.15, -0.1) is 12.8 Å². The fraction of sp³-hybridized carbons (Fsp3) is 0.706. The number of aldehydes is 1. The second-order valence-corrected chi connectivity index (χ2v) is 6.54. The SMILES string of the molecule is C#C.CC(C)(C)OC=O.CN(CCCC=O)C(=O)OC(C)(C)C. The third-order valence-electron chi connectivity index (χ3n) is 1.92. The van der Waals surface area contributed by atoms with E-state index < -0.39 is 5.60 Å². The minimum atomic E-state index is -0.462. The monoisotopic (exact) mass is 329 g/mol. The van der Waals surface area contributed by atoms with Crippen molar-refractivity contribution in [3.8, 4) is 12.8 Å². The van der Waals surface area contributed by atoms with Gasteiger partial charge in [0.2, 0.25) is 0 Å². The minimum absolute atomic E-state index is 0.318. The molecule has 0 atom stereocenters. The molecule has 0 aliphatic carbocycles. The van der Waals surface area contributed by atoms with Crippen LogP contribution in [0.3, 0.4) is 0 Å². The zero-order valence-electron chi connectivity index (χ0n) is 15.4. The first-order valence-corrected chi connectivity index (χ1v) is 7.25. The fourth-order valence-electron chi connectivity index (χ4n) is 0.987. The molecule has 6 heteroatoms. The van der Waals surface area contributed by atoms with Gasteiger partial charge in [0.25, 0.3) is 6.47 Å². The number of terminal acetylenes is 1. The number of ether oxygens (including phenoxy) is 2. The Hall–Kier alpha value is -2.03. The Morgan fingerprint density at radius 2 is 1.52 bits per heavy atom. The van der Waals surface area contributed by atoms with Crippen LogP contribution in [0, 0.1) is 12.8 Å². The van der Waals surface area contributed by atoms with Gasteiger partial charge in [-0.25, -0.2) is 4.79 Å². The average Bonchev–Trinajstić information content (AvgIpc) is 2.38. The molecule has 0 unspecified atom stereocenters. The van der Waals surface area contributed by atoms with Gasteiger partial charge >= 0.3 is 6.09 Å². The van der Waals surface area contributed by atoms with Gasteiger partial charge < -0.3 is 19.2 Å². The lowest BCUT2D eigenvalue weighted by atomic mass is 10.2. The lowest BCUT2D eigenvalue weighted by Gasteiger charge is -2.24. The van der Waals surface area contributed by atoms with E-state index in [9.17, 15) is 14.4 Å². The largest absolute Gasteiger partial charge is 0.462 e. The van der Waals surface area contributed by atoms with Gasteiger partial charge in [-0.1, -0.05) is 0 Å². The molecule has 0 bridgehead atoms. The number of hydrogen-bond donors (Lipinski definition) is 0. The number of hydrogen-bond acceptors (Lipinski definition) is 5. The molecule has 0 heterocycles. The number of nitrogens with zero attached hydrogens (tertiary/aromatic N) is 1. The molecule has 0 rings (SSSR count). The summed E-state index contributed by atoms with van der Waals surface area (Å²) in [5, 5.41) is 0. The summed E-state index contributed by atoms with van der Waals surface area (Å²) in [5.74, 6) is 0. The molecule has 0 aromatic carbocycles. The number of amides is 1. The minimum Gasteiger partial charge on any atom is -0.462 e. The van der Waals surface area contributed by atoms with Crippen LogP contribution in [-0.4, -0.2) is 48.5 Å². The zero-order valence-corrected chi connectivity index (χ0v) is 15.4. The standard InChI is InChI=1S/C10H19NO3.C5H10O2.C2H2/c1-10(2,3)14-9(13)11(4)7-5-6-8-12;1-5(2,3)7-4-6;1-2/h8H,5-7H2,1-4H3;4H,1-3H3;1-2H. The Kier molecular flexibility index (Phi) is 15.3. The smallest absolute Gasteiger partial charge is 0.410 e. The first-order valence-electron chi connectivity index (χ1n) is 7.25. The van der Waals surface area contributed by atoms with Crippen molar-refractivity contribution >= 4 is 18.9 Å². The second-order valence-electron chi connectivity index (χ2n) is 6.54. The summed E-state index contributed by atoms with van der Waals surface area (Å²) >= 11 is 0. The van der Waals surface area contributed by atoms with E-state index in [4.69, 9.17) is 4.74 Å². The van der Waals surface area contributed by atoms with Crippen LogP contribution in [-0.2, 0) is 19.1 Å². The van der Waals surface area contributed by atoms with Crippen molar-refractivity contribution in [1.82, 2.24) is 4.90 Å². The molecule has 0 fully saturated rings. The van der Waals surface area contributed by atoms with E-state index >= 15 is 0 Å². The van der Waals surface area contributed by atoms with Crippen LogP contribution < -0.4 is 0 Å². The van der Waals surface area contributed by atoms with Crippen LogP contribution >= 0.6 is 0 Å². The highest BCUT2D eigenvalue weighted by molar-refractivity contribution is 5.67. The summed E-state index contributed by atoms with van der Waals surface area (Å²) in [5.41, 5.74) is -0.780. The molecule has 0 saturated heterocycles. The predicted molar refractivity (Wildman–Crippen MR) is 91.0 cm³/mol. The van der Waals surface area contributed by atoms with Crippen molar-refractivity contribution in [3.05, 3.63) is 0 Å². The molecule has 134 valence electrons. The molecular weight excluding hydrogens is 298 g/mol. The Morgan fingerprint density at radius 1 is 1.04 bits per heavy atom. The number of unbranched alkanes of at least 4 members (excludes halogenated alkanes) is 1.